The van der Waals surface area contributed by atoms with Crippen molar-refractivity contribution in [2.45, 2.75) is 13.5 Å². The van der Waals surface area contributed by atoms with E-state index in [1.54, 1.807) is 0 Å². The van der Waals surface area contributed by atoms with Crippen LogP contribution in [0.3, 0.4) is 0 Å². The molecule has 0 spiro atoms. The molecule has 3 heterocycles. The summed E-state index contributed by atoms with van der Waals surface area (Å²) in [7, 11) is 0. The Labute approximate surface area is 138 Å². The van der Waals surface area contributed by atoms with Crippen LogP contribution in [-0.2, 0) is 6.61 Å². The number of pyridine rings is 1. The Morgan fingerprint density at radius 1 is 1.00 bits per heavy atom. The van der Waals surface area contributed by atoms with Crippen LogP contribution in [-0.4, -0.2) is 10.1 Å². The molecular formula is C20H14N2O2. The Morgan fingerprint density at radius 2 is 1.92 bits per heavy atom. The van der Waals surface area contributed by atoms with Gasteiger partial charge >= 0.3 is 0 Å². The first kappa shape index (κ1) is 13.3. The Balaban J connectivity index is 1.68. The monoisotopic (exact) mass is 314 g/mol. The van der Waals surface area contributed by atoms with Gasteiger partial charge in [0.2, 0.25) is 0 Å². The highest BCUT2D eigenvalue weighted by Gasteiger charge is 2.20. The maximum Gasteiger partial charge on any atom is 0.167 e. The van der Waals surface area contributed by atoms with Gasteiger partial charge in [-0.1, -0.05) is 28.9 Å². The number of nitrogens with zero attached hydrogens (tertiary/aromatic N) is 2. The van der Waals surface area contributed by atoms with Crippen molar-refractivity contribution in [3.63, 3.8) is 0 Å². The number of aryl methyl sites for hydroxylation is 1. The summed E-state index contributed by atoms with van der Waals surface area (Å²) in [6.45, 7) is 2.58. The van der Waals surface area contributed by atoms with Crippen molar-refractivity contribution in [1.29, 1.82) is 0 Å². The molecule has 0 radical (unpaired) electrons. The van der Waals surface area contributed by atoms with Gasteiger partial charge in [0.15, 0.2) is 5.58 Å². The van der Waals surface area contributed by atoms with Gasteiger partial charge in [-0.25, -0.2) is 0 Å². The molecule has 4 nitrogen and oxygen atoms in total. The zero-order valence-electron chi connectivity index (χ0n) is 13.1. The molecule has 2 aromatic carbocycles. The molecule has 0 saturated heterocycles. The van der Waals surface area contributed by atoms with Crippen molar-refractivity contribution >= 4 is 11.0 Å². The minimum absolute atomic E-state index is 0.516. The summed E-state index contributed by atoms with van der Waals surface area (Å²) in [6.07, 6.45) is 1.86. The van der Waals surface area contributed by atoms with Gasteiger partial charge in [0.1, 0.15) is 18.1 Å². The van der Waals surface area contributed by atoms with E-state index in [1.807, 2.05) is 42.6 Å². The number of fused-ring (bicyclic) bond motifs is 4. The molecule has 0 bridgehead atoms. The van der Waals surface area contributed by atoms with E-state index in [-0.39, 0.29) is 0 Å². The van der Waals surface area contributed by atoms with E-state index in [9.17, 15) is 0 Å². The number of ether oxygens (including phenoxy) is 1. The second-order valence-electron chi connectivity index (χ2n) is 6.05. The van der Waals surface area contributed by atoms with Gasteiger partial charge in [0.05, 0.1) is 11.1 Å². The van der Waals surface area contributed by atoms with Crippen LogP contribution in [0.1, 0.15) is 11.1 Å². The van der Waals surface area contributed by atoms with Crippen LogP contribution < -0.4 is 4.74 Å². The molecule has 0 N–H and O–H groups in total. The van der Waals surface area contributed by atoms with E-state index in [1.165, 1.54) is 5.56 Å². The lowest BCUT2D eigenvalue weighted by atomic mass is 9.99. The van der Waals surface area contributed by atoms with Crippen LogP contribution in [0.2, 0.25) is 0 Å². The van der Waals surface area contributed by atoms with Gasteiger partial charge in [0, 0.05) is 22.9 Å². The van der Waals surface area contributed by atoms with Crippen molar-refractivity contribution in [2.24, 2.45) is 0 Å². The second-order valence-corrected chi connectivity index (χ2v) is 6.05. The minimum Gasteiger partial charge on any atom is -0.488 e. The molecule has 4 heteroatoms. The molecule has 4 aromatic rings. The molecule has 5 rings (SSSR count). The maximum absolute atomic E-state index is 5.85. The number of rotatable bonds is 1. The van der Waals surface area contributed by atoms with Crippen molar-refractivity contribution in [1.82, 2.24) is 10.1 Å². The van der Waals surface area contributed by atoms with Gasteiger partial charge < -0.3 is 9.26 Å². The Bertz CT molecular complexity index is 1080. The molecule has 2 aromatic heterocycles. The van der Waals surface area contributed by atoms with Gasteiger partial charge in [-0.15, -0.1) is 0 Å². The van der Waals surface area contributed by atoms with Crippen molar-refractivity contribution < 1.29 is 9.26 Å². The molecule has 1 aliphatic rings. The first-order valence-corrected chi connectivity index (χ1v) is 7.87. The fourth-order valence-corrected chi connectivity index (χ4v) is 3.20. The van der Waals surface area contributed by atoms with Crippen molar-refractivity contribution in [3.05, 3.63) is 65.9 Å². The first-order chi connectivity index (χ1) is 11.8. The van der Waals surface area contributed by atoms with Crippen molar-refractivity contribution in [3.8, 4) is 28.3 Å². The standard InChI is InChI=1S/C20H14N2O2/c1-12-6-7-18-16(8-12)20(22-24-18)13-9-14-11-23-17-5-3-2-4-15(17)19(14)21-10-13/h2-10H,11H2,1H3. The summed E-state index contributed by atoms with van der Waals surface area (Å²) >= 11 is 0. The molecule has 0 unspecified atom stereocenters. The number of hydrogen-bond acceptors (Lipinski definition) is 4. The molecule has 1 aliphatic heterocycles. The fourth-order valence-electron chi connectivity index (χ4n) is 3.20. The Hall–Kier alpha value is -3.14. The number of hydrogen-bond donors (Lipinski definition) is 0. The summed E-state index contributed by atoms with van der Waals surface area (Å²) in [5.74, 6) is 0.882. The predicted octanol–water partition coefficient (Wildman–Crippen LogP) is 4.76. The summed E-state index contributed by atoms with van der Waals surface area (Å²) in [5, 5.41) is 5.25. The molecule has 0 fully saturated rings. The van der Waals surface area contributed by atoms with Crippen molar-refractivity contribution in [2.75, 3.05) is 0 Å². The quantitative estimate of drug-likeness (QED) is 0.508. The van der Waals surface area contributed by atoms with E-state index < -0.39 is 0 Å². The number of aromatic nitrogens is 2. The SMILES string of the molecule is Cc1ccc2onc(-c3cnc4c(c3)COc3ccccc3-4)c2c1. The van der Waals surface area contributed by atoms with Crippen LogP contribution in [0.25, 0.3) is 33.5 Å². The highest BCUT2D eigenvalue weighted by Crippen LogP contribution is 2.38. The zero-order valence-corrected chi connectivity index (χ0v) is 13.1. The minimum atomic E-state index is 0.516. The maximum atomic E-state index is 5.85. The normalized spacial score (nSPS) is 12.5. The highest BCUT2D eigenvalue weighted by atomic mass is 16.5. The lowest BCUT2D eigenvalue weighted by Gasteiger charge is -2.20. The highest BCUT2D eigenvalue weighted by molar-refractivity contribution is 5.92. The summed E-state index contributed by atoms with van der Waals surface area (Å²) < 4.78 is 11.3. The topological polar surface area (TPSA) is 48.2 Å². The largest absolute Gasteiger partial charge is 0.488 e. The third-order valence-corrected chi connectivity index (χ3v) is 4.39. The summed E-state index contributed by atoms with van der Waals surface area (Å²) in [6, 6.07) is 16.1. The van der Waals surface area contributed by atoms with Gasteiger partial charge in [0.25, 0.3) is 0 Å². The smallest absolute Gasteiger partial charge is 0.167 e. The van der Waals surface area contributed by atoms with Crippen LogP contribution >= 0.6 is 0 Å². The third kappa shape index (κ3) is 1.93. The zero-order chi connectivity index (χ0) is 16.1. The van der Waals surface area contributed by atoms with Gasteiger partial charge in [-0.3, -0.25) is 4.98 Å². The lowest BCUT2D eigenvalue weighted by molar-refractivity contribution is 0.301. The fraction of sp³-hybridized carbons (Fsp3) is 0.100. The van der Waals surface area contributed by atoms with Crippen LogP contribution in [0.5, 0.6) is 5.75 Å². The average Bonchev–Trinajstić information content (AvgIpc) is 3.04. The molecule has 0 saturated carbocycles. The Kier molecular flexibility index (Phi) is 2.73. The second kappa shape index (κ2) is 4.93. The number of benzene rings is 2. The average molecular weight is 314 g/mol. The van der Waals surface area contributed by atoms with Gasteiger partial charge in [-0.05, 0) is 37.3 Å². The molecule has 116 valence electrons. The molecule has 0 aliphatic carbocycles. The Morgan fingerprint density at radius 3 is 2.88 bits per heavy atom. The van der Waals surface area contributed by atoms with Gasteiger partial charge in [-0.2, -0.15) is 0 Å². The van der Waals surface area contributed by atoms with Crippen LogP contribution in [0.15, 0.2) is 59.3 Å². The van der Waals surface area contributed by atoms with E-state index in [2.05, 4.69) is 29.2 Å². The van der Waals surface area contributed by atoms with E-state index in [4.69, 9.17) is 9.26 Å². The molecule has 24 heavy (non-hydrogen) atoms. The predicted molar refractivity (Wildman–Crippen MR) is 91.7 cm³/mol. The summed E-state index contributed by atoms with van der Waals surface area (Å²) in [4.78, 5) is 4.68. The number of para-hydroxylation sites is 1. The molecule has 0 atom stereocenters. The lowest BCUT2D eigenvalue weighted by Crippen LogP contribution is -2.07. The molecular weight excluding hydrogens is 300 g/mol. The van der Waals surface area contributed by atoms with E-state index in [0.29, 0.717) is 6.61 Å². The first-order valence-electron chi connectivity index (χ1n) is 7.87. The van der Waals surface area contributed by atoms with Crippen LogP contribution in [0, 0.1) is 6.92 Å². The third-order valence-electron chi connectivity index (χ3n) is 4.39. The van der Waals surface area contributed by atoms with E-state index in [0.717, 1.165) is 44.8 Å². The van der Waals surface area contributed by atoms with Crippen LogP contribution in [0.4, 0.5) is 0 Å². The molecule has 0 amide bonds. The summed E-state index contributed by atoms with van der Waals surface area (Å²) in [5.41, 5.74) is 6.81. The van der Waals surface area contributed by atoms with E-state index >= 15 is 0 Å².